The van der Waals surface area contributed by atoms with Crippen molar-refractivity contribution in [2.45, 2.75) is 30.8 Å². The van der Waals surface area contributed by atoms with Gasteiger partial charge in [0, 0.05) is 47.7 Å². The zero-order chi connectivity index (χ0) is 28.6. The highest BCUT2D eigenvalue weighted by atomic mass is 35.5. The fraction of sp³-hybridized carbons (Fsp3) is 0.320. The number of benzene rings is 1. The number of carboxylic acid groups (broad SMARTS) is 1. The Kier molecular flexibility index (Phi) is 7.68. The molecule has 3 aromatic rings. The quantitative estimate of drug-likeness (QED) is 0.383. The van der Waals surface area contributed by atoms with Gasteiger partial charge in [0.1, 0.15) is 17.4 Å². The van der Waals surface area contributed by atoms with Crippen LogP contribution in [0.15, 0.2) is 53.7 Å². The molecule has 1 aliphatic rings. The van der Waals surface area contributed by atoms with Crippen LogP contribution in [0.5, 0.6) is 5.75 Å². The van der Waals surface area contributed by atoms with E-state index in [4.69, 9.17) is 16.3 Å². The van der Waals surface area contributed by atoms with E-state index in [0.29, 0.717) is 37.9 Å². The number of nitrogens with zero attached hydrogens (tertiary/aromatic N) is 3. The Morgan fingerprint density at radius 3 is 2.44 bits per heavy atom. The highest BCUT2D eigenvalue weighted by Crippen LogP contribution is 2.42. The second kappa shape index (κ2) is 10.5. The number of halogens is 4. The van der Waals surface area contributed by atoms with E-state index < -0.39 is 33.1 Å². The first kappa shape index (κ1) is 28.4. The number of ether oxygens (including phenoxy) is 1. The van der Waals surface area contributed by atoms with E-state index >= 15 is 0 Å². The summed E-state index contributed by atoms with van der Waals surface area (Å²) in [7, 11) is -3.01. The van der Waals surface area contributed by atoms with Gasteiger partial charge in [-0.05, 0) is 50.1 Å². The first-order valence-corrected chi connectivity index (χ1v) is 13.5. The Balaban J connectivity index is 1.66. The standard InChI is InChI=1S/C25H24ClF3N4O5S/c1-24(23(34)35)6-9-33(10-7-24)22-12-16(5-8-30-22)39(36,37)32-21-13-17(19(14-31-21)25(27,28)29)18-11-15(26)3-4-20(18)38-2/h3-5,8,11-14H,6-7,9-10H2,1-2H3,(H,31,32)(H,34,35). The summed E-state index contributed by atoms with van der Waals surface area (Å²) < 4.78 is 75.3. The van der Waals surface area contributed by atoms with Gasteiger partial charge in [-0.2, -0.15) is 13.2 Å². The lowest BCUT2D eigenvalue weighted by molar-refractivity contribution is -0.149. The van der Waals surface area contributed by atoms with E-state index in [2.05, 4.69) is 14.7 Å². The Hall–Kier alpha value is -3.58. The molecule has 4 rings (SSSR count). The molecule has 208 valence electrons. The van der Waals surface area contributed by atoms with E-state index in [-0.39, 0.29) is 32.6 Å². The third-order valence-electron chi connectivity index (χ3n) is 6.63. The number of pyridine rings is 2. The number of sulfonamides is 1. The van der Waals surface area contributed by atoms with Gasteiger partial charge in [0.25, 0.3) is 10.0 Å². The maximum atomic E-state index is 13.8. The lowest BCUT2D eigenvalue weighted by Gasteiger charge is -2.37. The summed E-state index contributed by atoms with van der Waals surface area (Å²) >= 11 is 6.02. The fourth-order valence-electron chi connectivity index (χ4n) is 4.23. The molecule has 9 nitrogen and oxygen atoms in total. The molecule has 39 heavy (non-hydrogen) atoms. The molecule has 1 saturated heterocycles. The van der Waals surface area contributed by atoms with Gasteiger partial charge in [-0.15, -0.1) is 0 Å². The molecule has 0 atom stereocenters. The summed E-state index contributed by atoms with van der Waals surface area (Å²) in [4.78, 5) is 21.0. The SMILES string of the molecule is COc1ccc(Cl)cc1-c1cc(NS(=O)(=O)c2ccnc(N3CCC(C)(C(=O)O)CC3)c2)ncc1C(F)(F)F. The molecule has 2 aromatic heterocycles. The summed E-state index contributed by atoms with van der Waals surface area (Å²) in [5.41, 5.74) is -2.35. The highest BCUT2D eigenvalue weighted by molar-refractivity contribution is 7.92. The second-order valence-corrected chi connectivity index (χ2v) is 11.4. The third kappa shape index (κ3) is 6.04. The van der Waals surface area contributed by atoms with E-state index in [9.17, 15) is 31.5 Å². The average molecular weight is 585 g/mol. The van der Waals surface area contributed by atoms with E-state index in [0.717, 1.165) is 6.07 Å². The first-order chi connectivity index (χ1) is 18.2. The number of aromatic nitrogens is 2. The topological polar surface area (TPSA) is 122 Å². The van der Waals surface area contributed by atoms with Gasteiger partial charge in [-0.3, -0.25) is 9.52 Å². The number of hydrogen-bond acceptors (Lipinski definition) is 7. The molecule has 1 aromatic carbocycles. The van der Waals surface area contributed by atoms with Crippen LogP contribution in [0.4, 0.5) is 24.8 Å². The molecule has 0 spiro atoms. The van der Waals surface area contributed by atoms with Crippen LogP contribution >= 0.6 is 11.6 Å². The van der Waals surface area contributed by atoms with Gasteiger partial charge in [-0.25, -0.2) is 18.4 Å². The fourth-order valence-corrected chi connectivity index (χ4v) is 5.41. The van der Waals surface area contributed by atoms with Crippen molar-refractivity contribution in [3.63, 3.8) is 0 Å². The lowest BCUT2D eigenvalue weighted by atomic mass is 9.80. The Morgan fingerprint density at radius 2 is 1.82 bits per heavy atom. The van der Waals surface area contributed by atoms with Crippen molar-refractivity contribution < 1.29 is 36.2 Å². The second-order valence-electron chi connectivity index (χ2n) is 9.27. The van der Waals surface area contributed by atoms with Crippen LogP contribution in [0.1, 0.15) is 25.3 Å². The van der Waals surface area contributed by atoms with Crippen LogP contribution in [-0.2, 0) is 21.0 Å². The molecular weight excluding hydrogens is 561 g/mol. The summed E-state index contributed by atoms with van der Waals surface area (Å²) in [6.07, 6.45) is -2.26. The molecule has 1 fully saturated rings. The number of nitrogens with one attached hydrogen (secondary N) is 1. The number of hydrogen-bond donors (Lipinski definition) is 2. The summed E-state index contributed by atoms with van der Waals surface area (Å²) in [5.74, 6) is -0.817. The molecule has 0 saturated carbocycles. The van der Waals surface area contributed by atoms with Crippen LogP contribution in [0.2, 0.25) is 5.02 Å². The average Bonchev–Trinajstić information content (AvgIpc) is 2.88. The number of carbonyl (C=O) groups is 1. The smallest absolute Gasteiger partial charge is 0.418 e. The van der Waals surface area contributed by atoms with Crippen molar-refractivity contribution in [2.75, 3.05) is 29.8 Å². The molecule has 0 bridgehead atoms. The van der Waals surface area contributed by atoms with E-state index in [1.165, 1.54) is 43.6 Å². The van der Waals surface area contributed by atoms with Crippen molar-refractivity contribution in [3.05, 3.63) is 59.4 Å². The number of alkyl halides is 3. The molecule has 1 aliphatic heterocycles. The molecule has 0 aliphatic carbocycles. The van der Waals surface area contributed by atoms with Gasteiger partial charge >= 0.3 is 12.1 Å². The number of carboxylic acids is 1. The lowest BCUT2D eigenvalue weighted by Crippen LogP contribution is -2.43. The maximum absolute atomic E-state index is 13.8. The molecule has 3 heterocycles. The third-order valence-corrected chi connectivity index (χ3v) is 8.22. The van der Waals surface area contributed by atoms with Crippen LogP contribution in [0.3, 0.4) is 0 Å². The van der Waals surface area contributed by atoms with Gasteiger partial charge < -0.3 is 14.7 Å². The zero-order valence-electron chi connectivity index (χ0n) is 20.8. The highest BCUT2D eigenvalue weighted by Gasteiger charge is 2.38. The van der Waals surface area contributed by atoms with Crippen LogP contribution in [0.25, 0.3) is 11.1 Å². The molecule has 2 N–H and O–H groups in total. The van der Waals surface area contributed by atoms with Gasteiger partial charge in [0.2, 0.25) is 0 Å². The van der Waals surface area contributed by atoms with Crippen LogP contribution in [-0.4, -0.2) is 49.7 Å². The van der Waals surface area contributed by atoms with E-state index in [1.54, 1.807) is 11.8 Å². The van der Waals surface area contributed by atoms with Gasteiger partial charge in [0.05, 0.1) is 23.0 Å². The minimum atomic E-state index is -4.79. The summed E-state index contributed by atoms with van der Waals surface area (Å²) in [5, 5.41) is 9.59. The van der Waals surface area contributed by atoms with E-state index in [1.807, 2.05) is 0 Å². The molecule has 0 amide bonds. The Labute approximate surface area is 227 Å². The zero-order valence-corrected chi connectivity index (χ0v) is 22.4. The number of aliphatic carboxylic acids is 1. The molecule has 14 heteroatoms. The number of piperidine rings is 1. The van der Waals surface area contributed by atoms with Gasteiger partial charge in [0.15, 0.2) is 0 Å². The monoisotopic (exact) mass is 584 g/mol. The summed E-state index contributed by atoms with van der Waals surface area (Å²) in [6.45, 7) is 2.38. The number of anilines is 2. The van der Waals surface area contributed by atoms with Crippen molar-refractivity contribution in [2.24, 2.45) is 5.41 Å². The normalized spacial score (nSPS) is 15.6. The minimum absolute atomic E-state index is 0.00447. The van der Waals surface area contributed by atoms with Gasteiger partial charge in [-0.1, -0.05) is 11.6 Å². The molecule has 0 radical (unpaired) electrons. The maximum Gasteiger partial charge on any atom is 0.418 e. The van der Waals surface area contributed by atoms with Crippen molar-refractivity contribution in [1.82, 2.24) is 9.97 Å². The van der Waals surface area contributed by atoms with Crippen molar-refractivity contribution in [3.8, 4) is 16.9 Å². The number of rotatable bonds is 7. The van der Waals surface area contributed by atoms with Crippen molar-refractivity contribution >= 4 is 39.2 Å². The Morgan fingerprint density at radius 1 is 1.13 bits per heavy atom. The minimum Gasteiger partial charge on any atom is -0.496 e. The largest absolute Gasteiger partial charge is 0.496 e. The molecular formula is C25H24ClF3N4O5S. The number of methoxy groups -OCH3 is 1. The van der Waals surface area contributed by atoms with Crippen LogP contribution in [0, 0.1) is 5.41 Å². The predicted octanol–water partition coefficient (Wildman–Crippen LogP) is 5.32. The summed E-state index contributed by atoms with van der Waals surface area (Å²) in [6, 6.07) is 7.66. The predicted molar refractivity (Wildman–Crippen MR) is 138 cm³/mol. The van der Waals surface area contributed by atoms with Crippen LogP contribution < -0.4 is 14.4 Å². The Bertz CT molecular complexity index is 1510. The first-order valence-electron chi connectivity index (χ1n) is 11.6. The molecule has 0 unspecified atom stereocenters. The van der Waals surface area contributed by atoms with Crippen molar-refractivity contribution in [1.29, 1.82) is 0 Å².